The average Bonchev–Trinajstić information content (AvgIpc) is 1.64. The molecule has 10 heavy (non-hydrogen) atoms. The van der Waals surface area contributed by atoms with E-state index in [2.05, 4.69) is 0 Å². The molecule has 0 amide bonds. The third-order valence-corrected chi connectivity index (χ3v) is 0.524. The first-order valence-corrected chi connectivity index (χ1v) is 1.78. The van der Waals surface area contributed by atoms with Crippen molar-refractivity contribution in [3.63, 3.8) is 0 Å². The second-order valence-corrected chi connectivity index (χ2v) is 1.09. The quantitative estimate of drug-likeness (QED) is 0.230. The molecule has 0 aliphatic carbocycles. The van der Waals surface area contributed by atoms with Crippen molar-refractivity contribution in [2.75, 3.05) is 0 Å². The van der Waals surface area contributed by atoms with Crippen LogP contribution >= 0.6 is 0 Å². The molecular weight excluding hydrogens is 153 g/mol. The van der Waals surface area contributed by atoms with Crippen LogP contribution in [-0.4, -0.2) is 50.8 Å². The number of hydrogen-bond acceptors (Lipinski definition) is 4. The van der Waals surface area contributed by atoms with Gasteiger partial charge in [0, 0.05) is 0 Å². The first-order chi connectivity index (χ1) is 4.09. The van der Waals surface area contributed by atoms with Crippen LogP contribution in [0, 0.1) is 26.4 Å². The van der Waals surface area contributed by atoms with Crippen molar-refractivity contribution in [1.29, 1.82) is 5.26 Å². The van der Waals surface area contributed by atoms with Gasteiger partial charge in [-0.05, 0) is 0 Å². The van der Waals surface area contributed by atoms with Crippen LogP contribution in [0.4, 0.5) is 0 Å². The standard InChI is InChI=1S/C2H2N3O4.Na.H/c3-1-2(4(6)7)5(8)9;;/h2H,(H,6,7);;/q+1;;. The Balaban J connectivity index is 0. The number of hydrogen-bond donors (Lipinski definition) is 1. The van der Waals surface area contributed by atoms with Crippen molar-refractivity contribution in [3.05, 3.63) is 15.0 Å². The molecule has 0 aliphatic rings. The fourth-order valence-corrected chi connectivity index (χ4v) is 0.177. The Labute approximate surface area is 77.2 Å². The molecule has 0 fully saturated rings. The van der Waals surface area contributed by atoms with E-state index in [1.165, 1.54) is 0 Å². The van der Waals surface area contributed by atoms with Gasteiger partial charge in [0.05, 0.1) is 4.91 Å². The molecule has 0 heterocycles. The predicted octanol–water partition coefficient (Wildman–Crippen LogP) is -1.37. The Morgan fingerprint density at radius 2 is 2.00 bits per heavy atom. The Hall–Kier alpha value is -0.710. The summed E-state index contributed by atoms with van der Waals surface area (Å²) in [6.45, 7) is 0. The maximum atomic E-state index is 9.62. The Kier molecular flexibility index (Phi) is 6.13. The molecule has 0 aromatic heterocycles. The van der Waals surface area contributed by atoms with Crippen LogP contribution in [0.3, 0.4) is 0 Å². The molecular formula is C2H3N3NaO4+. The first kappa shape index (κ1) is 12.0. The molecule has 0 saturated carbocycles. The zero-order valence-electron chi connectivity index (χ0n) is 4.09. The number of nitrogens with zero attached hydrogens (tertiary/aromatic N) is 3. The third-order valence-electron chi connectivity index (χ3n) is 0.524. The number of nitro groups is 1. The van der Waals surface area contributed by atoms with Crippen LogP contribution in [0.25, 0.3) is 0 Å². The fraction of sp³-hybridized carbons (Fsp3) is 0.500. The number of nitriles is 1. The van der Waals surface area contributed by atoms with E-state index in [4.69, 9.17) is 10.5 Å². The van der Waals surface area contributed by atoms with E-state index in [9.17, 15) is 15.0 Å². The van der Waals surface area contributed by atoms with Gasteiger partial charge >= 0.3 is 40.6 Å². The van der Waals surface area contributed by atoms with E-state index in [-0.39, 0.29) is 29.6 Å². The summed E-state index contributed by atoms with van der Waals surface area (Å²) in [5.41, 5.74) is 0. The molecule has 0 spiro atoms. The molecule has 0 radical (unpaired) electrons. The van der Waals surface area contributed by atoms with Crippen LogP contribution in [0.15, 0.2) is 0 Å². The molecule has 0 saturated heterocycles. The maximum absolute atomic E-state index is 9.62. The van der Waals surface area contributed by atoms with E-state index in [1.807, 2.05) is 0 Å². The molecule has 1 unspecified atom stereocenters. The number of rotatable bonds is 2. The van der Waals surface area contributed by atoms with Gasteiger partial charge in [0.2, 0.25) is 6.07 Å². The summed E-state index contributed by atoms with van der Waals surface area (Å²) in [6, 6.07) is 0.965. The van der Waals surface area contributed by atoms with Crippen LogP contribution < -0.4 is 0 Å². The van der Waals surface area contributed by atoms with E-state index < -0.39 is 16.0 Å². The van der Waals surface area contributed by atoms with Crippen molar-refractivity contribution in [3.8, 4) is 6.07 Å². The van der Waals surface area contributed by atoms with Crippen LogP contribution in [0.2, 0.25) is 0 Å². The zero-order chi connectivity index (χ0) is 7.44. The van der Waals surface area contributed by atoms with E-state index in [0.29, 0.717) is 0 Å². The van der Waals surface area contributed by atoms with Crippen molar-refractivity contribution < 1.29 is 15.1 Å². The van der Waals surface area contributed by atoms with E-state index in [1.54, 1.807) is 0 Å². The zero-order valence-corrected chi connectivity index (χ0v) is 4.09. The van der Waals surface area contributed by atoms with E-state index in [0.717, 1.165) is 6.07 Å². The molecule has 0 rings (SSSR count). The monoisotopic (exact) mass is 156 g/mol. The topological polar surface area (TPSA) is 107 Å². The third kappa shape index (κ3) is 3.34. The van der Waals surface area contributed by atoms with Crippen LogP contribution in [-0.2, 0) is 0 Å². The van der Waals surface area contributed by atoms with Gasteiger partial charge in [-0.25, -0.2) is 5.21 Å². The second-order valence-electron chi connectivity index (χ2n) is 1.09. The van der Waals surface area contributed by atoms with Gasteiger partial charge in [0.25, 0.3) is 0 Å². The molecule has 1 N–H and O–H groups in total. The average molecular weight is 156 g/mol. The summed E-state index contributed by atoms with van der Waals surface area (Å²) < 4.78 is 0. The summed E-state index contributed by atoms with van der Waals surface area (Å²) in [5.74, 6) is 0. The van der Waals surface area contributed by atoms with Crippen LogP contribution in [0.1, 0.15) is 0 Å². The van der Waals surface area contributed by atoms with Gasteiger partial charge in [0.15, 0.2) is 0 Å². The van der Waals surface area contributed by atoms with Gasteiger partial charge < -0.3 is 0 Å². The normalized spacial score (nSPS) is 10.3. The second kappa shape index (κ2) is 5.10. The first-order valence-electron chi connectivity index (χ1n) is 1.78. The summed E-state index contributed by atoms with van der Waals surface area (Å²) in [6.07, 6.45) is -2.22. The van der Waals surface area contributed by atoms with Crippen molar-refractivity contribution in [1.82, 2.24) is 0 Å². The molecule has 0 aromatic carbocycles. The van der Waals surface area contributed by atoms with Crippen molar-refractivity contribution >= 4 is 29.6 Å². The van der Waals surface area contributed by atoms with Crippen molar-refractivity contribution in [2.24, 2.45) is 0 Å². The Bertz CT molecular complexity index is 171. The van der Waals surface area contributed by atoms with Gasteiger partial charge in [-0.15, -0.1) is 0 Å². The molecule has 0 aromatic rings. The molecule has 0 bridgehead atoms. The SMILES string of the molecule is N#CC([N+](=O)[O-])[N+](=O)O.[NaH]. The fourth-order valence-electron chi connectivity index (χ4n) is 0.177. The van der Waals surface area contributed by atoms with Gasteiger partial charge in [0.1, 0.15) is 4.92 Å². The van der Waals surface area contributed by atoms with Gasteiger partial charge in [-0.2, -0.15) is 5.26 Å². The van der Waals surface area contributed by atoms with Gasteiger partial charge in [-0.3, -0.25) is 10.1 Å². The van der Waals surface area contributed by atoms with Gasteiger partial charge in [-0.1, -0.05) is 0 Å². The summed E-state index contributed by atoms with van der Waals surface area (Å²) in [4.78, 5) is 17.0. The summed E-state index contributed by atoms with van der Waals surface area (Å²) in [7, 11) is 0. The molecule has 1 atom stereocenters. The molecule has 7 nitrogen and oxygen atoms in total. The minimum atomic E-state index is -2.22. The van der Waals surface area contributed by atoms with Crippen molar-refractivity contribution in [2.45, 2.75) is 6.17 Å². The molecule has 8 heteroatoms. The minimum absolute atomic E-state index is 0. The predicted molar refractivity (Wildman–Crippen MR) is 29.0 cm³/mol. The molecule has 0 aliphatic heterocycles. The van der Waals surface area contributed by atoms with Crippen LogP contribution in [0.5, 0.6) is 0 Å². The Morgan fingerprint density at radius 1 is 1.60 bits per heavy atom. The summed E-state index contributed by atoms with van der Waals surface area (Å²) in [5, 5.41) is 25.1. The summed E-state index contributed by atoms with van der Waals surface area (Å²) >= 11 is 0. The molecule has 50 valence electrons. The van der Waals surface area contributed by atoms with E-state index >= 15 is 0 Å². The Morgan fingerprint density at radius 3 is 2.00 bits per heavy atom.